The molecular formula is C21H28Cl2IN5O. The number of hydrogen-bond donors (Lipinski definition) is 2. The molecule has 1 aliphatic rings. The van der Waals surface area contributed by atoms with Crippen molar-refractivity contribution in [3.8, 4) is 0 Å². The normalized spacial score (nSPS) is 14.1. The van der Waals surface area contributed by atoms with E-state index in [2.05, 4.69) is 22.8 Å². The number of carbonyl (C=O) groups excluding carboxylic acids is 1. The average molecular weight is 564 g/mol. The molecule has 0 saturated carbocycles. The van der Waals surface area contributed by atoms with Crippen molar-refractivity contribution in [1.29, 1.82) is 0 Å². The monoisotopic (exact) mass is 563 g/mol. The van der Waals surface area contributed by atoms with Crippen LogP contribution < -0.4 is 10.6 Å². The first-order valence-electron chi connectivity index (χ1n) is 9.86. The molecule has 3 rings (SSSR count). The topological polar surface area (TPSA) is 61.7 Å². The zero-order chi connectivity index (χ0) is 20.8. The summed E-state index contributed by atoms with van der Waals surface area (Å²) in [6.07, 6.45) is 1.60. The van der Waals surface area contributed by atoms with Gasteiger partial charge in [-0.2, -0.15) is 0 Å². The van der Waals surface area contributed by atoms with Crippen LogP contribution in [-0.2, 0) is 31.5 Å². The van der Waals surface area contributed by atoms with Crippen LogP contribution in [-0.4, -0.2) is 34.4 Å². The van der Waals surface area contributed by atoms with Gasteiger partial charge in [-0.05, 0) is 30.5 Å². The van der Waals surface area contributed by atoms with Gasteiger partial charge in [0.2, 0.25) is 5.91 Å². The fraction of sp³-hybridized carbons (Fsp3) is 0.429. The number of hydrogen-bond acceptors (Lipinski definition) is 2. The van der Waals surface area contributed by atoms with Gasteiger partial charge in [0, 0.05) is 38.8 Å². The third kappa shape index (κ3) is 6.28. The van der Waals surface area contributed by atoms with Gasteiger partial charge in [0.05, 0.1) is 18.1 Å². The van der Waals surface area contributed by atoms with E-state index in [9.17, 15) is 4.79 Å². The van der Waals surface area contributed by atoms with E-state index < -0.39 is 0 Å². The van der Waals surface area contributed by atoms with Crippen LogP contribution in [0.1, 0.15) is 36.6 Å². The Labute approximate surface area is 205 Å². The molecule has 0 unspecified atom stereocenters. The van der Waals surface area contributed by atoms with E-state index in [0.29, 0.717) is 42.2 Å². The SMILES string of the molecule is CCNC(=NCc1ccccc1CN1CCCC1=O)NCc1cc(Cl)c(Cl)n1C.I. The number of likely N-dealkylation sites (tertiary alicyclic amines) is 1. The minimum Gasteiger partial charge on any atom is -0.357 e. The van der Waals surface area contributed by atoms with Crippen LogP contribution in [0.25, 0.3) is 0 Å². The fourth-order valence-corrected chi connectivity index (χ4v) is 3.80. The van der Waals surface area contributed by atoms with Gasteiger partial charge in [-0.25, -0.2) is 4.99 Å². The molecule has 1 amide bonds. The summed E-state index contributed by atoms with van der Waals surface area (Å²) < 4.78 is 1.85. The van der Waals surface area contributed by atoms with E-state index in [-0.39, 0.29) is 29.9 Å². The Morgan fingerprint density at radius 2 is 1.93 bits per heavy atom. The molecule has 30 heavy (non-hydrogen) atoms. The van der Waals surface area contributed by atoms with Crippen molar-refractivity contribution in [3.05, 3.63) is 57.3 Å². The van der Waals surface area contributed by atoms with E-state index >= 15 is 0 Å². The maximum Gasteiger partial charge on any atom is 0.222 e. The lowest BCUT2D eigenvalue weighted by Crippen LogP contribution is -2.37. The first kappa shape index (κ1) is 24.8. The Hall–Kier alpha value is -1.45. The molecule has 0 spiro atoms. The first-order valence-corrected chi connectivity index (χ1v) is 10.6. The largest absolute Gasteiger partial charge is 0.357 e. The molecule has 6 nitrogen and oxygen atoms in total. The smallest absolute Gasteiger partial charge is 0.222 e. The number of amides is 1. The van der Waals surface area contributed by atoms with Gasteiger partial charge < -0.3 is 20.1 Å². The number of aliphatic imine (C=N–C) groups is 1. The molecule has 0 aliphatic carbocycles. The van der Waals surface area contributed by atoms with Crippen LogP contribution in [0.4, 0.5) is 0 Å². The summed E-state index contributed by atoms with van der Waals surface area (Å²) in [7, 11) is 1.88. The molecule has 1 aromatic carbocycles. The minimum absolute atomic E-state index is 0. The molecule has 2 heterocycles. The van der Waals surface area contributed by atoms with E-state index in [1.54, 1.807) is 0 Å². The van der Waals surface area contributed by atoms with Gasteiger partial charge >= 0.3 is 0 Å². The highest BCUT2D eigenvalue weighted by Gasteiger charge is 2.20. The summed E-state index contributed by atoms with van der Waals surface area (Å²) in [5.41, 5.74) is 3.23. The van der Waals surface area contributed by atoms with Gasteiger partial charge in [-0.3, -0.25) is 4.79 Å². The molecule has 1 aliphatic heterocycles. The van der Waals surface area contributed by atoms with Crippen LogP contribution >= 0.6 is 47.2 Å². The molecule has 1 aromatic heterocycles. The van der Waals surface area contributed by atoms with Gasteiger partial charge in [0.25, 0.3) is 0 Å². The van der Waals surface area contributed by atoms with Crippen LogP contribution in [0.2, 0.25) is 10.2 Å². The lowest BCUT2D eigenvalue weighted by atomic mass is 10.1. The van der Waals surface area contributed by atoms with E-state index in [1.165, 1.54) is 0 Å². The number of aromatic nitrogens is 1. The second kappa shape index (κ2) is 11.8. The zero-order valence-electron chi connectivity index (χ0n) is 17.3. The van der Waals surface area contributed by atoms with Crippen molar-refractivity contribution >= 4 is 59.0 Å². The molecule has 2 aromatic rings. The fourth-order valence-electron chi connectivity index (χ4n) is 3.38. The Bertz CT molecular complexity index is 900. The van der Waals surface area contributed by atoms with Crippen molar-refractivity contribution in [2.45, 2.75) is 39.4 Å². The summed E-state index contributed by atoms with van der Waals surface area (Å²) in [6.45, 7) is 5.35. The average Bonchev–Trinajstić information content (AvgIpc) is 3.23. The van der Waals surface area contributed by atoms with Gasteiger partial charge in [0.15, 0.2) is 5.96 Å². The van der Waals surface area contributed by atoms with Gasteiger partial charge in [-0.1, -0.05) is 47.5 Å². The van der Waals surface area contributed by atoms with Crippen molar-refractivity contribution in [2.75, 3.05) is 13.1 Å². The Morgan fingerprint density at radius 1 is 1.20 bits per heavy atom. The van der Waals surface area contributed by atoms with Crippen molar-refractivity contribution in [3.63, 3.8) is 0 Å². The number of carbonyl (C=O) groups is 1. The molecule has 0 atom stereocenters. The number of guanidine groups is 1. The maximum absolute atomic E-state index is 12.0. The quantitative estimate of drug-likeness (QED) is 0.299. The highest BCUT2D eigenvalue weighted by atomic mass is 127. The number of halogens is 3. The number of nitrogens with one attached hydrogen (secondary N) is 2. The molecular weight excluding hydrogens is 536 g/mol. The molecule has 164 valence electrons. The Kier molecular flexibility index (Phi) is 9.77. The maximum atomic E-state index is 12.0. The second-order valence-electron chi connectivity index (χ2n) is 7.07. The van der Waals surface area contributed by atoms with Crippen molar-refractivity contribution in [1.82, 2.24) is 20.1 Å². The summed E-state index contributed by atoms with van der Waals surface area (Å²) in [5, 5.41) is 7.65. The van der Waals surface area contributed by atoms with Crippen LogP contribution in [0.5, 0.6) is 0 Å². The highest BCUT2D eigenvalue weighted by molar-refractivity contribution is 14.0. The van der Waals surface area contributed by atoms with Crippen LogP contribution in [0.15, 0.2) is 35.3 Å². The second-order valence-corrected chi connectivity index (χ2v) is 7.83. The van der Waals surface area contributed by atoms with E-state index in [1.807, 2.05) is 41.6 Å². The number of rotatable bonds is 7. The van der Waals surface area contributed by atoms with E-state index in [4.69, 9.17) is 28.2 Å². The predicted octanol–water partition coefficient (Wildman–Crippen LogP) is 4.33. The first-order chi connectivity index (χ1) is 14.0. The summed E-state index contributed by atoms with van der Waals surface area (Å²) in [6, 6.07) is 10.0. The molecule has 1 saturated heterocycles. The summed E-state index contributed by atoms with van der Waals surface area (Å²) >= 11 is 12.2. The third-order valence-electron chi connectivity index (χ3n) is 5.06. The van der Waals surface area contributed by atoms with E-state index in [0.717, 1.165) is 36.3 Å². The summed E-state index contributed by atoms with van der Waals surface area (Å²) in [5.74, 6) is 0.950. The van der Waals surface area contributed by atoms with Crippen molar-refractivity contribution in [2.24, 2.45) is 12.0 Å². The van der Waals surface area contributed by atoms with Gasteiger partial charge in [0.1, 0.15) is 5.15 Å². The Morgan fingerprint density at radius 3 is 2.53 bits per heavy atom. The van der Waals surface area contributed by atoms with Gasteiger partial charge in [-0.15, -0.1) is 24.0 Å². The van der Waals surface area contributed by atoms with Crippen LogP contribution in [0.3, 0.4) is 0 Å². The van der Waals surface area contributed by atoms with Crippen molar-refractivity contribution < 1.29 is 4.79 Å². The lowest BCUT2D eigenvalue weighted by Gasteiger charge is -2.18. The molecule has 0 bridgehead atoms. The highest BCUT2D eigenvalue weighted by Crippen LogP contribution is 2.25. The van der Waals surface area contributed by atoms with Crippen LogP contribution in [0, 0.1) is 0 Å². The molecule has 9 heteroatoms. The Balaban J connectivity index is 0.00000320. The molecule has 1 fully saturated rings. The standard InChI is InChI=1S/C21H27Cl2N5O.HI/c1-3-24-21(26-13-17-11-18(22)20(23)27(17)2)25-12-15-7-4-5-8-16(15)14-28-10-6-9-19(28)29;/h4-5,7-8,11H,3,6,9-10,12-14H2,1-2H3,(H2,24,25,26);1H. The number of nitrogens with zero attached hydrogens (tertiary/aromatic N) is 3. The minimum atomic E-state index is 0. The lowest BCUT2D eigenvalue weighted by molar-refractivity contribution is -0.128. The summed E-state index contributed by atoms with van der Waals surface area (Å²) in [4.78, 5) is 18.6. The predicted molar refractivity (Wildman–Crippen MR) is 134 cm³/mol. The third-order valence-corrected chi connectivity index (χ3v) is 5.90. The molecule has 2 N–H and O–H groups in total. The number of benzene rings is 1. The zero-order valence-corrected chi connectivity index (χ0v) is 21.1. The molecule has 0 radical (unpaired) electrons.